The quantitative estimate of drug-likeness (QED) is 0.195. The molecule has 2 aromatic carbocycles. The van der Waals surface area contributed by atoms with E-state index in [2.05, 4.69) is 0 Å². The van der Waals surface area contributed by atoms with Crippen LogP contribution in [0.15, 0.2) is 48.0 Å². The molecule has 1 aliphatic heterocycles. The molecule has 0 aliphatic carbocycles. The first kappa shape index (κ1) is 25.0. The fourth-order valence-corrected chi connectivity index (χ4v) is 4.20. The highest BCUT2D eigenvalue weighted by atomic mass is 16.5. The standard InChI is InChI=1S/C27H31NO6/c1-6-13-28-24(18-9-8-10-20(14-18)34-17(5)29)23(26(31)27(28)32)25(30)19-11-12-22(33-7-2)21(15-19)16(3)4/h8-12,14-16,24,30H,6-7,13H2,1-5H3/b25-23+. The van der Waals surface area contributed by atoms with E-state index in [1.807, 2.05) is 27.7 Å². The molecule has 1 unspecified atom stereocenters. The molecule has 0 radical (unpaired) electrons. The van der Waals surface area contributed by atoms with E-state index in [0.717, 1.165) is 5.56 Å². The van der Waals surface area contributed by atoms with Crippen molar-refractivity contribution in [3.05, 3.63) is 64.7 Å². The number of hydrogen-bond donors (Lipinski definition) is 1. The molecule has 2 aromatic rings. The van der Waals surface area contributed by atoms with Gasteiger partial charge in [-0.05, 0) is 60.7 Å². The van der Waals surface area contributed by atoms with Crippen molar-refractivity contribution in [2.45, 2.75) is 53.0 Å². The first-order valence-electron chi connectivity index (χ1n) is 11.5. The van der Waals surface area contributed by atoms with Crippen molar-refractivity contribution in [2.75, 3.05) is 13.2 Å². The zero-order valence-corrected chi connectivity index (χ0v) is 20.3. The fraction of sp³-hybridized carbons (Fsp3) is 0.370. The number of carbonyl (C=O) groups is 3. The average molecular weight is 466 g/mol. The lowest BCUT2D eigenvalue weighted by atomic mass is 9.93. The van der Waals surface area contributed by atoms with Crippen molar-refractivity contribution in [1.29, 1.82) is 0 Å². The van der Waals surface area contributed by atoms with Crippen LogP contribution in [0.1, 0.15) is 69.7 Å². The molecule has 34 heavy (non-hydrogen) atoms. The Morgan fingerprint density at radius 3 is 2.47 bits per heavy atom. The van der Waals surface area contributed by atoms with Gasteiger partial charge in [-0.3, -0.25) is 14.4 Å². The summed E-state index contributed by atoms with van der Waals surface area (Å²) in [5.74, 6) is -0.996. The summed E-state index contributed by atoms with van der Waals surface area (Å²) < 4.78 is 10.9. The Bertz CT molecular complexity index is 1130. The van der Waals surface area contributed by atoms with Gasteiger partial charge in [0.25, 0.3) is 11.7 Å². The minimum absolute atomic E-state index is 0.0114. The van der Waals surface area contributed by atoms with Crippen molar-refractivity contribution < 1.29 is 29.0 Å². The van der Waals surface area contributed by atoms with Crippen molar-refractivity contribution in [3.8, 4) is 11.5 Å². The van der Waals surface area contributed by atoms with Crippen LogP contribution in [0.5, 0.6) is 11.5 Å². The molecule has 1 fully saturated rings. The van der Waals surface area contributed by atoms with Gasteiger partial charge in [0.05, 0.1) is 18.2 Å². The van der Waals surface area contributed by atoms with Gasteiger partial charge in [-0.1, -0.05) is 32.9 Å². The summed E-state index contributed by atoms with van der Waals surface area (Å²) in [4.78, 5) is 38.9. The van der Waals surface area contributed by atoms with Gasteiger partial charge in [-0.2, -0.15) is 0 Å². The van der Waals surface area contributed by atoms with Gasteiger partial charge >= 0.3 is 5.97 Å². The molecule has 180 valence electrons. The third kappa shape index (κ3) is 4.98. The summed E-state index contributed by atoms with van der Waals surface area (Å²) in [5.41, 5.74) is 1.91. The highest BCUT2D eigenvalue weighted by Crippen LogP contribution is 2.41. The number of ketones is 1. The number of amides is 1. The minimum Gasteiger partial charge on any atom is -0.507 e. The van der Waals surface area contributed by atoms with Gasteiger partial charge in [0.1, 0.15) is 17.3 Å². The maximum atomic E-state index is 13.1. The van der Waals surface area contributed by atoms with Crippen LogP contribution in [-0.4, -0.2) is 40.8 Å². The van der Waals surface area contributed by atoms with Crippen LogP contribution in [0.3, 0.4) is 0 Å². The number of nitrogens with zero attached hydrogens (tertiary/aromatic N) is 1. The maximum Gasteiger partial charge on any atom is 0.308 e. The lowest BCUT2D eigenvalue weighted by molar-refractivity contribution is -0.139. The zero-order valence-electron chi connectivity index (χ0n) is 20.3. The van der Waals surface area contributed by atoms with Gasteiger partial charge in [-0.15, -0.1) is 0 Å². The Labute approximate surface area is 200 Å². The number of rotatable bonds is 8. The summed E-state index contributed by atoms with van der Waals surface area (Å²) >= 11 is 0. The molecule has 1 atom stereocenters. The van der Waals surface area contributed by atoms with E-state index < -0.39 is 23.7 Å². The SMILES string of the molecule is CCCN1C(=O)C(=O)/C(=C(/O)c2ccc(OCC)c(C(C)C)c2)C1c1cccc(OC(C)=O)c1. The van der Waals surface area contributed by atoms with E-state index in [0.29, 0.717) is 42.2 Å². The molecule has 3 rings (SSSR count). The van der Waals surface area contributed by atoms with Crippen LogP contribution >= 0.6 is 0 Å². The smallest absolute Gasteiger partial charge is 0.308 e. The van der Waals surface area contributed by atoms with E-state index >= 15 is 0 Å². The van der Waals surface area contributed by atoms with Crippen LogP contribution in [0.2, 0.25) is 0 Å². The maximum absolute atomic E-state index is 13.1. The second-order valence-corrected chi connectivity index (χ2v) is 8.50. The largest absolute Gasteiger partial charge is 0.507 e. The highest BCUT2D eigenvalue weighted by Gasteiger charge is 2.45. The Balaban J connectivity index is 2.19. The van der Waals surface area contributed by atoms with Crippen LogP contribution < -0.4 is 9.47 Å². The first-order valence-corrected chi connectivity index (χ1v) is 11.5. The van der Waals surface area contributed by atoms with Crippen LogP contribution in [0, 0.1) is 0 Å². The number of Topliss-reactive ketones (excluding diaryl/α,β-unsaturated/α-hetero) is 1. The predicted molar refractivity (Wildman–Crippen MR) is 129 cm³/mol. The molecule has 7 heteroatoms. The molecule has 0 spiro atoms. The monoisotopic (exact) mass is 465 g/mol. The molecular weight excluding hydrogens is 434 g/mol. The summed E-state index contributed by atoms with van der Waals surface area (Å²) in [6.07, 6.45) is 0.633. The topological polar surface area (TPSA) is 93.1 Å². The highest BCUT2D eigenvalue weighted by molar-refractivity contribution is 6.46. The molecule has 7 nitrogen and oxygen atoms in total. The van der Waals surface area contributed by atoms with Gasteiger partial charge in [-0.25, -0.2) is 0 Å². The normalized spacial score (nSPS) is 17.4. The average Bonchev–Trinajstić information content (AvgIpc) is 3.04. The number of ether oxygens (including phenoxy) is 2. The van der Waals surface area contributed by atoms with Crippen molar-refractivity contribution in [2.24, 2.45) is 0 Å². The van der Waals surface area contributed by atoms with E-state index in [-0.39, 0.29) is 17.3 Å². The molecular formula is C27H31NO6. The summed E-state index contributed by atoms with van der Waals surface area (Å²) in [6.45, 7) is 9.99. The number of aliphatic hydroxyl groups excluding tert-OH is 1. The molecule has 1 heterocycles. The molecule has 0 saturated carbocycles. The Morgan fingerprint density at radius 1 is 1.12 bits per heavy atom. The van der Waals surface area contributed by atoms with E-state index in [1.165, 1.54) is 11.8 Å². The fourth-order valence-electron chi connectivity index (χ4n) is 4.20. The molecule has 0 bridgehead atoms. The van der Waals surface area contributed by atoms with E-state index in [1.54, 1.807) is 42.5 Å². The lowest BCUT2D eigenvalue weighted by Gasteiger charge is -2.25. The Morgan fingerprint density at radius 2 is 1.85 bits per heavy atom. The van der Waals surface area contributed by atoms with Crippen molar-refractivity contribution >= 4 is 23.4 Å². The molecule has 1 amide bonds. The second kappa shape index (κ2) is 10.5. The van der Waals surface area contributed by atoms with E-state index in [4.69, 9.17) is 9.47 Å². The number of esters is 1. The van der Waals surface area contributed by atoms with Gasteiger partial charge in [0.2, 0.25) is 0 Å². The number of likely N-dealkylation sites (tertiary alicyclic amines) is 1. The van der Waals surface area contributed by atoms with Crippen molar-refractivity contribution in [1.82, 2.24) is 4.90 Å². The number of benzene rings is 2. The second-order valence-electron chi connectivity index (χ2n) is 8.50. The van der Waals surface area contributed by atoms with Gasteiger partial charge < -0.3 is 19.5 Å². The molecule has 0 aromatic heterocycles. The summed E-state index contributed by atoms with van der Waals surface area (Å²) in [6, 6.07) is 11.1. The Hall–Kier alpha value is -3.61. The van der Waals surface area contributed by atoms with Crippen LogP contribution in [-0.2, 0) is 14.4 Å². The summed E-state index contributed by atoms with van der Waals surface area (Å²) in [7, 11) is 0. The number of hydrogen-bond acceptors (Lipinski definition) is 6. The lowest BCUT2D eigenvalue weighted by Crippen LogP contribution is -2.30. The van der Waals surface area contributed by atoms with Gasteiger partial charge in [0.15, 0.2) is 0 Å². The zero-order chi connectivity index (χ0) is 25.0. The third-order valence-electron chi connectivity index (χ3n) is 5.64. The van der Waals surface area contributed by atoms with Crippen LogP contribution in [0.25, 0.3) is 5.76 Å². The minimum atomic E-state index is -0.801. The van der Waals surface area contributed by atoms with Crippen LogP contribution in [0.4, 0.5) is 0 Å². The Kier molecular flexibility index (Phi) is 7.76. The number of aliphatic hydroxyl groups is 1. The van der Waals surface area contributed by atoms with E-state index in [9.17, 15) is 19.5 Å². The third-order valence-corrected chi connectivity index (χ3v) is 5.64. The number of carbonyl (C=O) groups excluding carboxylic acids is 3. The first-order chi connectivity index (χ1) is 16.2. The molecule has 1 N–H and O–H groups in total. The van der Waals surface area contributed by atoms with Gasteiger partial charge in [0, 0.05) is 19.0 Å². The van der Waals surface area contributed by atoms with Crippen molar-refractivity contribution in [3.63, 3.8) is 0 Å². The summed E-state index contributed by atoms with van der Waals surface area (Å²) in [5, 5.41) is 11.3. The molecule has 1 saturated heterocycles. The molecule has 1 aliphatic rings. The predicted octanol–water partition coefficient (Wildman–Crippen LogP) is 4.97.